The molecule has 0 saturated heterocycles. The summed E-state index contributed by atoms with van der Waals surface area (Å²) in [4.78, 5) is 11.7. The van der Waals surface area contributed by atoms with Crippen LogP contribution in [0.3, 0.4) is 0 Å². The summed E-state index contributed by atoms with van der Waals surface area (Å²) < 4.78 is 32.4. The molecule has 116 valence electrons. The maximum atomic E-state index is 13.5. The van der Waals surface area contributed by atoms with E-state index in [1.807, 2.05) is 0 Å². The van der Waals surface area contributed by atoms with Crippen molar-refractivity contribution < 1.29 is 18.3 Å². The minimum Gasteiger partial charge on any atom is -0.484 e. The summed E-state index contributed by atoms with van der Waals surface area (Å²) in [5.41, 5.74) is 0.354. The number of ether oxygens (including phenoxy) is 1. The van der Waals surface area contributed by atoms with Gasteiger partial charge in [0, 0.05) is 22.6 Å². The van der Waals surface area contributed by atoms with Crippen LogP contribution < -0.4 is 10.1 Å². The SMILES string of the molecule is O=C(COc1ccc(F)c(Cl)c1)NCc1cc(Br)ccc1F. The molecule has 0 bridgehead atoms. The molecule has 3 nitrogen and oxygen atoms in total. The van der Waals surface area contributed by atoms with Crippen LogP contribution >= 0.6 is 27.5 Å². The molecule has 0 aliphatic rings. The number of halogens is 4. The van der Waals surface area contributed by atoms with Crippen molar-refractivity contribution >= 4 is 33.4 Å². The first-order chi connectivity index (χ1) is 10.5. The third-order valence-corrected chi connectivity index (χ3v) is 3.53. The average Bonchev–Trinajstić information content (AvgIpc) is 2.49. The number of rotatable bonds is 5. The minimum atomic E-state index is -0.566. The van der Waals surface area contributed by atoms with Gasteiger partial charge in [0.2, 0.25) is 0 Å². The van der Waals surface area contributed by atoms with Gasteiger partial charge in [-0.05, 0) is 30.3 Å². The van der Waals surface area contributed by atoms with E-state index in [-0.39, 0.29) is 23.9 Å². The van der Waals surface area contributed by atoms with E-state index in [2.05, 4.69) is 21.2 Å². The van der Waals surface area contributed by atoms with Crippen LogP contribution in [0.5, 0.6) is 5.75 Å². The molecule has 0 fully saturated rings. The van der Waals surface area contributed by atoms with E-state index in [0.717, 1.165) is 10.5 Å². The van der Waals surface area contributed by atoms with Crippen LogP contribution in [0, 0.1) is 11.6 Å². The van der Waals surface area contributed by atoms with Gasteiger partial charge >= 0.3 is 0 Å². The van der Waals surface area contributed by atoms with Gasteiger partial charge in [-0.25, -0.2) is 8.78 Å². The van der Waals surface area contributed by atoms with Crippen molar-refractivity contribution in [3.63, 3.8) is 0 Å². The molecule has 0 heterocycles. The van der Waals surface area contributed by atoms with Gasteiger partial charge in [0.05, 0.1) is 5.02 Å². The Balaban J connectivity index is 1.85. The summed E-state index contributed by atoms with van der Waals surface area (Å²) in [5, 5.41) is 2.44. The van der Waals surface area contributed by atoms with E-state index in [1.54, 1.807) is 12.1 Å². The normalized spacial score (nSPS) is 10.4. The van der Waals surface area contributed by atoms with Gasteiger partial charge < -0.3 is 10.1 Å². The monoisotopic (exact) mass is 389 g/mol. The summed E-state index contributed by atoms with van der Waals surface area (Å²) in [6.07, 6.45) is 0. The Morgan fingerprint density at radius 3 is 2.64 bits per heavy atom. The molecule has 2 aromatic rings. The highest BCUT2D eigenvalue weighted by Crippen LogP contribution is 2.21. The van der Waals surface area contributed by atoms with E-state index in [9.17, 15) is 13.6 Å². The molecular weight excluding hydrogens is 380 g/mol. The smallest absolute Gasteiger partial charge is 0.258 e. The molecule has 22 heavy (non-hydrogen) atoms. The zero-order chi connectivity index (χ0) is 16.1. The number of carbonyl (C=O) groups is 1. The fourth-order valence-corrected chi connectivity index (χ4v) is 2.22. The Morgan fingerprint density at radius 1 is 1.18 bits per heavy atom. The molecule has 1 N–H and O–H groups in total. The first kappa shape index (κ1) is 16.7. The predicted octanol–water partition coefficient (Wildman–Crippen LogP) is 4.08. The van der Waals surface area contributed by atoms with Crippen LogP contribution in [0.15, 0.2) is 40.9 Å². The second kappa shape index (κ2) is 7.56. The Kier molecular flexibility index (Phi) is 5.74. The van der Waals surface area contributed by atoms with Gasteiger partial charge in [-0.3, -0.25) is 4.79 Å². The molecular formula is C15H11BrClF2NO2. The van der Waals surface area contributed by atoms with Crippen LogP contribution in [0.4, 0.5) is 8.78 Å². The maximum Gasteiger partial charge on any atom is 0.258 e. The molecule has 2 aromatic carbocycles. The van der Waals surface area contributed by atoms with E-state index in [0.29, 0.717) is 5.56 Å². The van der Waals surface area contributed by atoms with Crippen LogP contribution in [0.2, 0.25) is 5.02 Å². The highest BCUT2D eigenvalue weighted by molar-refractivity contribution is 9.10. The van der Waals surface area contributed by atoms with Gasteiger partial charge in [0.1, 0.15) is 17.4 Å². The van der Waals surface area contributed by atoms with Gasteiger partial charge in [0.15, 0.2) is 6.61 Å². The van der Waals surface area contributed by atoms with Crippen molar-refractivity contribution in [2.45, 2.75) is 6.54 Å². The van der Waals surface area contributed by atoms with Crippen molar-refractivity contribution in [1.29, 1.82) is 0 Å². The fraction of sp³-hybridized carbons (Fsp3) is 0.133. The van der Waals surface area contributed by atoms with Crippen LogP contribution in [-0.4, -0.2) is 12.5 Å². The summed E-state index contributed by atoms with van der Waals surface area (Å²) >= 11 is 8.83. The molecule has 0 radical (unpaired) electrons. The molecule has 2 rings (SSSR count). The van der Waals surface area contributed by atoms with Crippen molar-refractivity contribution in [2.75, 3.05) is 6.61 Å². The standard InChI is InChI=1S/C15H11BrClF2NO2/c16-10-1-3-13(18)9(5-10)7-20-15(21)8-22-11-2-4-14(19)12(17)6-11/h1-6H,7-8H2,(H,20,21). The maximum absolute atomic E-state index is 13.5. The second-order valence-electron chi connectivity index (χ2n) is 4.38. The van der Waals surface area contributed by atoms with Crippen LogP contribution in [-0.2, 0) is 11.3 Å². The lowest BCUT2D eigenvalue weighted by molar-refractivity contribution is -0.123. The highest BCUT2D eigenvalue weighted by Gasteiger charge is 2.08. The largest absolute Gasteiger partial charge is 0.484 e. The van der Waals surface area contributed by atoms with Crippen molar-refractivity contribution in [1.82, 2.24) is 5.32 Å². The third-order valence-electron chi connectivity index (χ3n) is 2.74. The second-order valence-corrected chi connectivity index (χ2v) is 5.70. The van der Waals surface area contributed by atoms with Crippen LogP contribution in [0.1, 0.15) is 5.56 Å². The zero-order valence-electron chi connectivity index (χ0n) is 11.2. The first-order valence-electron chi connectivity index (χ1n) is 6.24. The van der Waals surface area contributed by atoms with Crippen molar-refractivity contribution in [3.05, 3.63) is 63.1 Å². The quantitative estimate of drug-likeness (QED) is 0.835. The fourth-order valence-electron chi connectivity index (χ4n) is 1.64. The average molecular weight is 391 g/mol. The molecule has 7 heteroatoms. The van der Waals surface area contributed by atoms with Crippen molar-refractivity contribution in [3.8, 4) is 5.75 Å². The minimum absolute atomic E-state index is 0.0393. The number of nitrogens with one attached hydrogen (secondary N) is 1. The Bertz CT molecular complexity index is 697. The van der Waals surface area contributed by atoms with Gasteiger partial charge in [0.25, 0.3) is 5.91 Å². The summed E-state index contributed by atoms with van der Waals surface area (Å²) in [7, 11) is 0. The van der Waals surface area contributed by atoms with Gasteiger partial charge in [-0.2, -0.15) is 0 Å². The highest BCUT2D eigenvalue weighted by atomic mass is 79.9. The Labute approximate surface area is 139 Å². The first-order valence-corrected chi connectivity index (χ1v) is 7.41. The Morgan fingerprint density at radius 2 is 1.91 bits per heavy atom. The van der Waals surface area contributed by atoms with E-state index < -0.39 is 17.5 Å². The lowest BCUT2D eigenvalue weighted by Crippen LogP contribution is -2.28. The zero-order valence-corrected chi connectivity index (χ0v) is 13.5. The number of hydrogen-bond donors (Lipinski definition) is 1. The van der Waals surface area contributed by atoms with Gasteiger partial charge in [-0.15, -0.1) is 0 Å². The third kappa shape index (κ3) is 4.68. The summed E-state index contributed by atoms with van der Waals surface area (Å²) in [6.45, 7) is -0.241. The van der Waals surface area contributed by atoms with E-state index in [1.165, 1.54) is 18.2 Å². The molecule has 0 aromatic heterocycles. The van der Waals surface area contributed by atoms with Crippen molar-refractivity contribution in [2.24, 2.45) is 0 Å². The summed E-state index contributed by atoms with van der Waals surface area (Å²) in [6, 6.07) is 8.24. The molecule has 1 amide bonds. The predicted molar refractivity (Wildman–Crippen MR) is 82.9 cm³/mol. The molecule has 0 atom stereocenters. The molecule has 0 saturated carbocycles. The topological polar surface area (TPSA) is 38.3 Å². The van der Waals surface area contributed by atoms with E-state index in [4.69, 9.17) is 16.3 Å². The molecule has 0 unspecified atom stereocenters. The lowest BCUT2D eigenvalue weighted by Gasteiger charge is -2.09. The lowest BCUT2D eigenvalue weighted by atomic mass is 10.2. The Hall–Kier alpha value is -1.66. The molecule has 0 spiro atoms. The number of amides is 1. The number of hydrogen-bond acceptors (Lipinski definition) is 2. The molecule has 0 aliphatic heterocycles. The summed E-state index contributed by atoms with van der Waals surface area (Å²) in [5.74, 6) is -1.13. The van der Waals surface area contributed by atoms with Crippen LogP contribution in [0.25, 0.3) is 0 Å². The van der Waals surface area contributed by atoms with Gasteiger partial charge in [-0.1, -0.05) is 27.5 Å². The number of carbonyl (C=O) groups excluding carboxylic acids is 1. The molecule has 0 aliphatic carbocycles. The van der Waals surface area contributed by atoms with E-state index >= 15 is 0 Å². The number of benzene rings is 2.